The SMILES string of the molecule is Cc1ccc(-c2ccc3c(c2)c2ccccc2n3-c2cc(C#N)cc(-n3c4ccccc4c4cc(-c5ccc(C)cc5)ccc43)c2-c2c(C(F)(F)F)cccc2C(F)(F)F)cc1. The normalized spacial score (nSPS) is 12.2. The summed E-state index contributed by atoms with van der Waals surface area (Å²) >= 11 is 0. The largest absolute Gasteiger partial charge is 0.417 e. The molecule has 2 heterocycles. The van der Waals surface area contributed by atoms with E-state index in [1.54, 1.807) is 33.4 Å². The molecule has 0 amide bonds. The van der Waals surface area contributed by atoms with Crippen LogP contribution in [0.1, 0.15) is 27.8 Å². The molecule has 0 radical (unpaired) electrons. The molecule has 2 aromatic heterocycles. The molecule has 0 spiro atoms. The Kier molecular flexibility index (Phi) is 8.89. The third-order valence-electron chi connectivity index (χ3n) is 11.7. The molecule has 3 nitrogen and oxygen atoms in total. The first-order valence-corrected chi connectivity index (χ1v) is 19.9. The van der Waals surface area contributed by atoms with Gasteiger partial charge in [-0.2, -0.15) is 31.6 Å². The van der Waals surface area contributed by atoms with Crippen molar-refractivity contribution in [3.8, 4) is 50.8 Å². The molecule has 0 saturated carbocycles. The standard InChI is InChI=1S/C53H33F6N3/c1-31-14-18-34(19-15-31)36-22-24-46-40(28-36)38-8-3-5-12-44(38)61(46)48-26-33(30-60)27-49(51(48)50-42(52(54,55)56)10-7-11-43(50)53(57,58)59)62-45-13-6-4-9-39(45)41-29-37(23-25-47(41)62)35-20-16-32(2)17-21-35/h3-29H,1-2H3. The smallest absolute Gasteiger partial charge is 0.308 e. The molecule has 0 aliphatic carbocycles. The summed E-state index contributed by atoms with van der Waals surface area (Å²) in [5.74, 6) is 0. The Balaban J connectivity index is 1.39. The number of halogens is 6. The van der Waals surface area contributed by atoms with Crippen LogP contribution < -0.4 is 0 Å². The zero-order valence-corrected chi connectivity index (χ0v) is 33.2. The van der Waals surface area contributed by atoms with Crippen molar-refractivity contribution in [2.24, 2.45) is 0 Å². The Morgan fingerprint density at radius 3 is 1.19 bits per heavy atom. The summed E-state index contributed by atoms with van der Waals surface area (Å²) in [5.41, 5.74) is 3.68. The van der Waals surface area contributed by atoms with E-state index < -0.39 is 29.0 Å². The third-order valence-corrected chi connectivity index (χ3v) is 11.7. The summed E-state index contributed by atoms with van der Waals surface area (Å²) in [4.78, 5) is 0. The third kappa shape index (κ3) is 6.29. The minimum Gasteiger partial charge on any atom is -0.308 e. The summed E-state index contributed by atoms with van der Waals surface area (Å²) in [6, 6.07) is 49.1. The van der Waals surface area contributed by atoms with Gasteiger partial charge in [-0.1, -0.05) is 114 Å². The number of alkyl halides is 6. The van der Waals surface area contributed by atoms with Gasteiger partial charge in [-0.25, -0.2) is 0 Å². The van der Waals surface area contributed by atoms with Crippen LogP contribution >= 0.6 is 0 Å². The quantitative estimate of drug-likeness (QED) is 0.159. The first kappa shape index (κ1) is 38.6. The fraction of sp³-hybridized carbons (Fsp3) is 0.0755. The lowest BCUT2D eigenvalue weighted by Crippen LogP contribution is -2.16. The van der Waals surface area contributed by atoms with Crippen molar-refractivity contribution in [1.82, 2.24) is 9.13 Å². The second kappa shape index (κ2) is 14.3. The first-order valence-electron chi connectivity index (χ1n) is 19.9. The van der Waals surface area contributed by atoms with Crippen LogP contribution in [0.3, 0.4) is 0 Å². The van der Waals surface area contributed by atoms with Crippen molar-refractivity contribution < 1.29 is 26.3 Å². The van der Waals surface area contributed by atoms with E-state index in [4.69, 9.17) is 0 Å². The highest BCUT2D eigenvalue weighted by molar-refractivity contribution is 6.13. The van der Waals surface area contributed by atoms with Crippen molar-refractivity contribution in [3.05, 3.63) is 192 Å². The highest BCUT2D eigenvalue weighted by Crippen LogP contribution is 2.51. The fourth-order valence-electron chi connectivity index (χ4n) is 8.90. The van der Waals surface area contributed by atoms with Gasteiger partial charge in [0.2, 0.25) is 0 Å². The molecule has 302 valence electrons. The topological polar surface area (TPSA) is 33.6 Å². The van der Waals surface area contributed by atoms with Gasteiger partial charge < -0.3 is 9.13 Å². The second-order valence-electron chi connectivity index (χ2n) is 15.6. The zero-order chi connectivity index (χ0) is 43.1. The highest BCUT2D eigenvalue weighted by Gasteiger charge is 2.43. The van der Waals surface area contributed by atoms with Gasteiger partial charge in [0.05, 0.1) is 56.2 Å². The summed E-state index contributed by atoms with van der Waals surface area (Å²) in [5, 5.41) is 13.6. The number of hydrogen-bond acceptors (Lipinski definition) is 1. The van der Waals surface area contributed by atoms with Gasteiger partial charge in [0.15, 0.2) is 0 Å². The molecule has 0 unspecified atom stereocenters. The van der Waals surface area contributed by atoms with Crippen LogP contribution in [0, 0.1) is 25.2 Å². The first-order chi connectivity index (χ1) is 29.8. The van der Waals surface area contributed by atoms with Gasteiger partial charge in [-0.3, -0.25) is 0 Å². The molecule has 8 aromatic carbocycles. The van der Waals surface area contributed by atoms with E-state index in [1.807, 2.05) is 123 Å². The van der Waals surface area contributed by atoms with E-state index >= 15 is 26.3 Å². The Bertz CT molecular complexity index is 3240. The number of benzene rings is 8. The number of para-hydroxylation sites is 2. The highest BCUT2D eigenvalue weighted by atomic mass is 19.4. The lowest BCUT2D eigenvalue weighted by atomic mass is 9.89. The number of fused-ring (bicyclic) bond motifs is 6. The van der Waals surface area contributed by atoms with E-state index in [1.165, 1.54) is 12.1 Å². The molecule has 10 aromatic rings. The van der Waals surface area contributed by atoms with Crippen LogP contribution in [0.4, 0.5) is 26.3 Å². The molecule has 0 N–H and O–H groups in total. The molecule has 62 heavy (non-hydrogen) atoms. The molecular formula is C53H33F6N3. The van der Waals surface area contributed by atoms with Crippen molar-refractivity contribution in [2.45, 2.75) is 26.2 Å². The molecule has 0 fully saturated rings. The van der Waals surface area contributed by atoms with E-state index in [9.17, 15) is 5.26 Å². The van der Waals surface area contributed by atoms with Gasteiger partial charge >= 0.3 is 12.4 Å². The van der Waals surface area contributed by atoms with Crippen LogP contribution in [-0.4, -0.2) is 9.13 Å². The lowest BCUT2D eigenvalue weighted by Gasteiger charge is -2.25. The van der Waals surface area contributed by atoms with Crippen molar-refractivity contribution in [3.63, 3.8) is 0 Å². The molecule has 0 atom stereocenters. The minimum atomic E-state index is -5.20. The van der Waals surface area contributed by atoms with Crippen molar-refractivity contribution >= 4 is 43.6 Å². The maximum atomic E-state index is 15.4. The van der Waals surface area contributed by atoms with Gasteiger partial charge in [-0.15, -0.1) is 0 Å². The minimum absolute atomic E-state index is 0.0160. The average molecular weight is 826 g/mol. The number of nitrogens with zero attached hydrogens (tertiary/aromatic N) is 3. The number of aryl methyl sites for hydroxylation is 2. The molecular weight excluding hydrogens is 793 g/mol. The number of nitriles is 1. The molecule has 0 aliphatic heterocycles. The van der Waals surface area contributed by atoms with E-state index in [-0.39, 0.29) is 22.5 Å². The summed E-state index contributed by atoms with van der Waals surface area (Å²) in [6.07, 6.45) is -10.4. The Morgan fingerprint density at radius 2 is 0.790 bits per heavy atom. The second-order valence-corrected chi connectivity index (χ2v) is 15.6. The van der Waals surface area contributed by atoms with Gasteiger partial charge in [0.25, 0.3) is 0 Å². The van der Waals surface area contributed by atoms with Crippen LogP contribution in [0.15, 0.2) is 164 Å². The van der Waals surface area contributed by atoms with Crippen LogP contribution in [0.5, 0.6) is 0 Å². The Morgan fingerprint density at radius 1 is 0.403 bits per heavy atom. The van der Waals surface area contributed by atoms with Gasteiger partial charge in [0.1, 0.15) is 0 Å². The van der Waals surface area contributed by atoms with E-state index in [0.717, 1.165) is 61.0 Å². The predicted molar refractivity (Wildman–Crippen MR) is 236 cm³/mol. The maximum Gasteiger partial charge on any atom is 0.417 e. The number of hydrogen-bond donors (Lipinski definition) is 0. The summed E-state index contributed by atoms with van der Waals surface area (Å²) < 4.78 is 96.0. The number of aromatic nitrogens is 2. The summed E-state index contributed by atoms with van der Waals surface area (Å²) in [7, 11) is 0. The molecule has 0 saturated heterocycles. The summed E-state index contributed by atoms with van der Waals surface area (Å²) in [6.45, 7) is 3.98. The molecule has 0 aliphatic rings. The van der Waals surface area contributed by atoms with Crippen LogP contribution in [0.2, 0.25) is 0 Å². The van der Waals surface area contributed by atoms with Gasteiger partial charge in [0, 0.05) is 32.7 Å². The Hall–Kier alpha value is -7.57. The predicted octanol–water partition coefficient (Wildman–Crippen LogP) is 15.4. The lowest BCUT2D eigenvalue weighted by molar-refractivity contribution is -0.142. The monoisotopic (exact) mass is 825 g/mol. The van der Waals surface area contributed by atoms with Crippen LogP contribution in [0.25, 0.3) is 88.4 Å². The van der Waals surface area contributed by atoms with Gasteiger partial charge in [-0.05, 0) is 96.8 Å². The van der Waals surface area contributed by atoms with Crippen LogP contribution in [-0.2, 0) is 12.4 Å². The van der Waals surface area contributed by atoms with Crippen molar-refractivity contribution in [1.29, 1.82) is 5.26 Å². The molecule has 10 rings (SSSR count). The van der Waals surface area contributed by atoms with E-state index in [0.29, 0.717) is 34.2 Å². The Labute approximate surface area is 351 Å². The number of rotatable bonds is 5. The molecule has 9 heteroatoms. The van der Waals surface area contributed by atoms with E-state index in [2.05, 4.69) is 6.07 Å². The fourth-order valence-corrected chi connectivity index (χ4v) is 8.90. The maximum absolute atomic E-state index is 15.4. The van der Waals surface area contributed by atoms with Crippen molar-refractivity contribution in [2.75, 3.05) is 0 Å². The molecule has 0 bridgehead atoms. The average Bonchev–Trinajstić information content (AvgIpc) is 3.77. The zero-order valence-electron chi connectivity index (χ0n) is 33.2.